The number of hydrogen-bond acceptors (Lipinski definition) is 4. The second-order valence-electron chi connectivity index (χ2n) is 2.20. The molecule has 72 valence electrons. The van der Waals surface area contributed by atoms with Crippen LogP contribution < -0.4 is 0 Å². The second kappa shape index (κ2) is 6.14. The predicted octanol–water partition coefficient (Wildman–Crippen LogP) is 0.571. The Morgan fingerprint density at radius 3 is 2.54 bits per heavy atom. The predicted molar refractivity (Wildman–Crippen MR) is 46.8 cm³/mol. The molecule has 0 aliphatic heterocycles. The zero-order valence-corrected chi connectivity index (χ0v) is 7.45. The SMILES string of the molecule is C=CC(=O)OC(=O)C(=CC)CCO. The average Bonchev–Trinajstić information content (AvgIpc) is 2.13. The summed E-state index contributed by atoms with van der Waals surface area (Å²) in [4.78, 5) is 21.7. The summed E-state index contributed by atoms with van der Waals surface area (Å²) in [5.74, 6) is -1.52. The molecule has 0 saturated heterocycles. The van der Waals surface area contributed by atoms with Crippen molar-refractivity contribution in [2.45, 2.75) is 13.3 Å². The molecule has 0 fully saturated rings. The van der Waals surface area contributed by atoms with E-state index in [2.05, 4.69) is 11.3 Å². The molecule has 0 aliphatic rings. The van der Waals surface area contributed by atoms with Gasteiger partial charge in [-0.05, 0) is 6.92 Å². The van der Waals surface area contributed by atoms with Gasteiger partial charge in [0.05, 0.1) is 0 Å². The molecule has 13 heavy (non-hydrogen) atoms. The molecule has 0 aromatic heterocycles. The van der Waals surface area contributed by atoms with Crippen LogP contribution in [0.2, 0.25) is 0 Å². The maximum Gasteiger partial charge on any atom is 0.341 e. The minimum absolute atomic E-state index is 0.156. The fourth-order valence-corrected chi connectivity index (χ4v) is 0.683. The van der Waals surface area contributed by atoms with Crippen LogP contribution in [0.15, 0.2) is 24.3 Å². The first kappa shape index (κ1) is 11.6. The van der Waals surface area contributed by atoms with Crippen LogP contribution in [0.5, 0.6) is 0 Å². The summed E-state index contributed by atoms with van der Waals surface area (Å²) in [7, 11) is 0. The Bertz CT molecular complexity index is 240. The topological polar surface area (TPSA) is 63.6 Å². The van der Waals surface area contributed by atoms with Crippen molar-refractivity contribution in [2.24, 2.45) is 0 Å². The molecule has 0 amide bonds. The van der Waals surface area contributed by atoms with Gasteiger partial charge in [0.1, 0.15) is 0 Å². The van der Waals surface area contributed by atoms with Crippen LogP contribution in [0.1, 0.15) is 13.3 Å². The lowest BCUT2D eigenvalue weighted by Gasteiger charge is -2.02. The van der Waals surface area contributed by atoms with Gasteiger partial charge in [0.15, 0.2) is 0 Å². The molecule has 1 N–H and O–H groups in total. The van der Waals surface area contributed by atoms with Crippen LogP contribution in [0.4, 0.5) is 0 Å². The first-order chi connectivity index (χ1) is 6.15. The van der Waals surface area contributed by atoms with Crippen LogP contribution in [-0.4, -0.2) is 23.7 Å². The lowest BCUT2D eigenvalue weighted by atomic mass is 10.2. The van der Waals surface area contributed by atoms with Crippen LogP contribution >= 0.6 is 0 Å². The van der Waals surface area contributed by atoms with Crippen LogP contribution in [0, 0.1) is 0 Å². The van der Waals surface area contributed by atoms with Gasteiger partial charge in [0.25, 0.3) is 0 Å². The lowest BCUT2D eigenvalue weighted by Crippen LogP contribution is -2.13. The summed E-state index contributed by atoms with van der Waals surface area (Å²) in [5.41, 5.74) is 0.276. The third kappa shape index (κ3) is 4.22. The molecular formula is C9H12O4. The fraction of sp³-hybridized carbons (Fsp3) is 0.333. The Hall–Kier alpha value is -1.42. The first-order valence-corrected chi connectivity index (χ1v) is 3.80. The third-order valence-corrected chi connectivity index (χ3v) is 1.35. The van der Waals surface area contributed by atoms with E-state index < -0.39 is 11.9 Å². The van der Waals surface area contributed by atoms with Gasteiger partial charge in [-0.15, -0.1) is 0 Å². The Morgan fingerprint density at radius 2 is 2.15 bits per heavy atom. The van der Waals surface area contributed by atoms with Crippen molar-refractivity contribution in [3.05, 3.63) is 24.3 Å². The molecule has 0 unspecified atom stereocenters. The normalized spacial score (nSPS) is 10.8. The number of carbonyl (C=O) groups excluding carboxylic acids is 2. The smallest absolute Gasteiger partial charge is 0.341 e. The van der Waals surface area contributed by atoms with Gasteiger partial charge >= 0.3 is 11.9 Å². The van der Waals surface area contributed by atoms with E-state index in [0.717, 1.165) is 6.08 Å². The van der Waals surface area contributed by atoms with Crippen molar-refractivity contribution in [1.82, 2.24) is 0 Å². The second-order valence-corrected chi connectivity index (χ2v) is 2.20. The first-order valence-electron chi connectivity index (χ1n) is 3.80. The number of rotatable bonds is 4. The molecular weight excluding hydrogens is 172 g/mol. The van der Waals surface area contributed by atoms with E-state index in [0.29, 0.717) is 0 Å². The Labute approximate surface area is 76.5 Å². The molecule has 0 spiro atoms. The van der Waals surface area contributed by atoms with Gasteiger partial charge in [-0.2, -0.15) is 0 Å². The quantitative estimate of drug-likeness (QED) is 0.394. The Balaban J connectivity index is 4.23. The average molecular weight is 184 g/mol. The Morgan fingerprint density at radius 1 is 1.54 bits per heavy atom. The van der Waals surface area contributed by atoms with E-state index in [-0.39, 0.29) is 18.6 Å². The number of aliphatic hydroxyl groups excluding tert-OH is 1. The number of aliphatic hydroxyl groups is 1. The number of hydrogen-bond donors (Lipinski definition) is 1. The highest BCUT2D eigenvalue weighted by atomic mass is 16.6. The molecule has 4 nitrogen and oxygen atoms in total. The third-order valence-electron chi connectivity index (χ3n) is 1.35. The van der Waals surface area contributed by atoms with Crippen molar-refractivity contribution < 1.29 is 19.4 Å². The van der Waals surface area contributed by atoms with E-state index in [9.17, 15) is 9.59 Å². The van der Waals surface area contributed by atoms with Crippen LogP contribution in [-0.2, 0) is 14.3 Å². The molecule has 0 rings (SSSR count). The Kier molecular flexibility index (Phi) is 5.47. The van der Waals surface area contributed by atoms with Crippen molar-refractivity contribution >= 4 is 11.9 Å². The van der Waals surface area contributed by atoms with Gasteiger partial charge in [0.2, 0.25) is 0 Å². The van der Waals surface area contributed by atoms with Crippen molar-refractivity contribution in [1.29, 1.82) is 0 Å². The van der Waals surface area contributed by atoms with E-state index in [1.807, 2.05) is 0 Å². The van der Waals surface area contributed by atoms with Gasteiger partial charge < -0.3 is 9.84 Å². The highest BCUT2D eigenvalue weighted by Gasteiger charge is 2.11. The molecule has 0 atom stereocenters. The number of ether oxygens (including phenoxy) is 1. The summed E-state index contributed by atoms with van der Waals surface area (Å²) in [6.07, 6.45) is 2.58. The van der Waals surface area contributed by atoms with E-state index in [4.69, 9.17) is 5.11 Å². The summed E-state index contributed by atoms with van der Waals surface area (Å²) < 4.78 is 4.33. The zero-order chi connectivity index (χ0) is 10.3. The summed E-state index contributed by atoms with van der Waals surface area (Å²) in [5, 5.41) is 8.55. The van der Waals surface area contributed by atoms with Gasteiger partial charge in [0, 0.05) is 24.7 Å². The molecule has 0 radical (unpaired) electrons. The number of esters is 2. The van der Waals surface area contributed by atoms with E-state index in [1.54, 1.807) is 6.92 Å². The van der Waals surface area contributed by atoms with Crippen molar-refractivity contribution in [3.63, 3.8) is 0 Å². The van der Waals surface area contributed by atoms with Gasteiger partial charge in [-0.3, -0.25) is 0 Å². The molecule has 0 aromatic rings. The summed E-state index contributed by atoms with van der Waals surface area (Å²) >= 11 is 0. The molecule has 0 heterocycles. The maximum atomic E-state index is 11.1. The number of allylic oxidation sites excluding steroid dienone is 1. The monoisotopic (exact) mass is 184 g/mol. The highest BCUT2D eigenvalue weighted by Crippen LogP contribution is 2.03. The van der Waals surface area contributed by atoms with E-state index >= 15 is 0 Å². The summed E-state index contributed by atoms with van der Waals surface area (Å²) in [6.45, 7) is 4.62. The molecule has 0 bridgehead atoms. The minimum Gasteiger partial charge on any atom is -0.396 e. The summed E-state index contributed by atoms with van der Waals surface area (Å²) in [6, 6.07) is 0. The maximum absolute atomic E-state index is 11.1. The minimum atomic E-state index is -0.790. The van der Waals surface area contributed by atoms with Crippen molar-refractivity contribution in [2.75, 3.05) is 6.61 Å². The highest BCUT2D eigenvalue weighted by molar-refractivity contribution is 5.99. The fourth-order valence-electron chi connectivity index (χ4n) is 0.683. The molecule has 0 aromatic carbocycles. The van der Waals surface area contributed by atoms with Gasteiger partial charge in [-0.1, -0.05) is 12.7 Å². The molecule has 0 saturated carbocycles. The van der Waals surface area contributed by atoms with Crippen molar-refractivity contribution in [3.8, 4) is 0 Å². The zero-order valence-electron chi connectivity index (χ0n) is 7.45. The van der Waals surface area contributed by atoms with Gasteiger partial charge in [-0.25, -0.2) is 9.59 Å². The molecule has 4 heteroatoms. The molecule has 0 aliphatic carbocycles. The van der Waals surface area contributed by atoms with Crippen LogP contribution in [0.25, 0.3) is 0 Å². The van der Waals surface area contributed by atoms with E-state index in [1.165, 1.54) is 6.08 Å². The standard InChI is InChI=1S/C9H12O4/c1-3-7(5-6-10)9(12)13-8(11)4-2/h3-4,10H,2,5-6H2,1H3. The lowest BCUT2D eigenvalue weighted by molar-refractivity contribution is -0.153. The van der Waals surface area contributed by atoms with Crippen LogP contribution in [0.3, 0.4) is 0 Å². The largest absolute Gasteiger partial charge is 0.396 e. The number of carbonyl (C=O) groups is 2.